The Labute approximate surface area is 132 Å². The predicted octanol–water partition coefficient (Wildman–Crippen LogP) is 3.76. The summed E-state index contributed by atoms with van der Waals surface area (Å²) in [5.74, 6) is -0.296. The van der Waals surface area contributed by atoms with Crippen molar-refractivity contribution in [1.29, 1.82) is 0 Å². The number of hydrogen-bond acceptors (Lipinski definition) is 3. The first-order valence-electron chi connectivity index (χ1n) is 7.58. The number of nitrogens with one attached hydrogen (secondary N) is 1. The number of hydrogen-bond donors (Lipinski definition) is 1. The molecule has 0 amide bonds. The molecule has 2 aromatic carbocycles. The summed E-state index contributed by atoms with van der Waals surface area (Å²) in [5.41, 5.74) is 3.08. The highest BCUT2D eigenvalue weighted by Gasteiger charge is 2.10. The number of benzene rings is 2. The second kappa shape index (κ2) is 7.76. The maximum atomic E-state index is 11.4. The molecular formula is C19H23NO2. The van der Waals surface area contributed by atoms with Gasteiger partial charge in [-0.05, 0) is 43.5 Å². The smallest absolute Gasteiger partial charge is 0.337 e. The zero-order valence-electron chi connectivity index (χ0n) is 13.4. The third-order valence-electron chi connectivity index (χ3n) is 3.75. The van der Waals surface area contributed by atoms with Crippen LogP contribution in [0.5, 0.6) is 0 Å². The molecule has 0 radical (unpaired) electrons. The lowest BCUT2D eigenvalue weighted by Gasteiger charge is -2.20. The summed E-state index contributed by atoms with van der Waals surface area (Å²) >= 11 is 0. The topological polar surface area (TPSA) is 38.3 Å². The molecule has 0 spiro atoms. The van der Waals surface area contributed by atoms with Crippen molar-refractivity contribution in [2.75, 3.05) is 7.11 Å². The monoisotopic (exact) mass is 297 g/mol. The number of rotatable bonds is 6. The van der Waals surface area contributed by atoms with Gasteiger partial charge >= 0.3 is 5.97 Å². The second-order valence-electron chi connectivity index (χ2n) is 5.59. The van der Waals surface area contributed by atoms with Crippen LogP contribution in [0.25, 0.3) is 0 Å². The fourth-order valence-corrected chi connectivity index (χ4v) is 2.57. The molecule has 0 fully saturated rings. The van der Waals surface area contributed by atoms with Crippen molar-refractivity contribution in [3.63, 3.8) is 0 Å². The van der Waals surface area contributed by atoms with Crippen LogP contribution in [0, 0.1) is 0 Å². The highest BCUT2D eigenvalue weighted by molar-refractivity contribution is 5.89. The van der Waals surface area contributed by atoms with Crippen LogP contribution in [0.4, 0.5) is 0 Å². The fraction of sp³-hybridized carbons (Fsp3) is 0.316. The van der Waals surface area contributed by atoms with E-state index in [9.17, 15) is 4.79 Å². The Balaban J connectivity index is 1.91. The van der Waals surface area contributed by atoms with Gasteiger partial charge in [0.2, 0.25) is 0 Å². The molecule has 0 unspecified atom stereocenters. The molecule has 116 valence electrons. The summed E-state index contributed by atoms with van der Waals surface area (Å²) < 4.78 is 4.71. The van der Waals surface area contributed by atoms with E-state index >= 15 is 0 Å². The lowest BCUT2D eigenvalue weighted by molar-refractivity contribution is 0.0600. The van der Waals surface area contributed by atoms with Crippen LogP contribution in [0.2, 0.25) is 0 Å². The molecule has 1 N–H and O–H groups in total. The fourth-order valence-electron chi connectivity index (χ4n) is 2.57. The summed E-state index contributed by atoms with van der Waals surface area (Å²) in [4.78, 5) is 11.4. The number of esters is 1. The highest BCUT2D eigenvalue weighted by Crippen LogP contribution is 2.14. The number of carbonyl (C=O) groups is 1. The maximum absolute atomic E-state index is 11.4. The summed E-state index contributed by atoms with van der Waals surface area (Å²) in [6.45, 7) is 4.35. The molecule has 0 aliphatic rings. The summed E-state index contributed by atoms with van der Waals surface area (Å²) in [6.07, 6.45) is 0.915. The van der Waals surface area contributed by atoms with Crippen LogP contribution in [-0.2, 0) is 11.2 Å². The van der Waals surface area contributed by atoms with Gasteiger partial charge in [0.1, 0.15) is 0 Å². The molecule has 0 aromatic heterocycles. The van der Waals surface area contributed by atoms with Crippen molar-refractivity contribution in [3.05, 3.63) is 71.3 Å². The van der Waals surface area contributed by atoms with Gasteiger partial charge in [0.05, 0.1) is 12.7 Å². The van der Waals surface area contributed by atoms with Crippen LogP contribution < -0.4 is 5.32 Å². The third-order valence-corrected chi connectivity index (χ3v) is 3.75. The van der Waals surface area contributed by atoms with Gasteiger partial charge in [0, 0.05) is 12.1 Å². The molecule has 2 aromatic rings. The minimum atomic E-state index is -0.296. The Morgan fingerprint density at radius 2 is 1.68 bits per heavy atom. The first-order chi connectivity index (χ1) is 10.6. The van der Waals surface area contributed by atoms with E-state index in [0.29, 0.717) is 17.6 Å². The molecule has 0 saturated heterocycles. The van der Waals surface area contributed by atoms with E-state index in [1.54, 1.807) is 0 Å². The van der Waals surface area contributed by atoms with Crippen LogP contribution in [0.3, 0.4) is 0 Å². The van der Waals surface area contributed by atoms with Crippen LogP contribution in [-0.4, -0.2) is 19.1 Å². The highest BCUT2D eigenvalue weighted by atomic mass is 16.5. The molecule has 22 heavy (non-hydrogen) atoms. The molecule has 0 heterocycles. The Morgan fingerprint density at radius 3 is 2.27 bits per heavy atom. The lowest BCUT2D eigenvalue weighted by Crippen LogP contribution is -2.30. The molecule has 0 aliphatic heterocycles. The van der Waals surface area contributed by atoms with Gasteiger partial charge in [0.15, 0.2) is 0 Å². The van der Waals surface area contributed by atoms with Crippen molar-refractivity contribution in [2.45, 2.75) is 32.4 Å². The first-order valence-corrected chi connectivity index (χ1v) is 7.58. The average Bonchev–Trinajstić information content (AvgIpc) is 2.55. The molecule has 0 bridgehead atoms. The van der Waals surface area contributed by atoms with Crippen LogP contribution >= 0.6 is 0 Å². The Hall–Kier alpha value is -2.13. The van der Waals surface area contributed by atoms with E-state index in [0.717, 1.165) is 6.42 Å². The van der Waals surface area contributed by atoms with Gasteiger partial charge in [-0.25, -0.2) is 4.79 Å². The van der Waals surface area contributed by atoms with E-state index in [4.69, 9.17) is 4.74 Å². The van der Waals surface area contributed by atoms with E-state index in [1.807, 2.05) is 30.3 Å². The molecule has 2 atom stereocenters. The van der Waals surface area contributed by atoms with E-state index in [-0.39, 0.29) is 5.97 Å². The maximum Gasteiger partial charge on any atom is 0.337 e. The van der Waals surface area contributed by atoms with Crippen molar-refractivity contribution in [1.82, 2.24) is 5.32 Å². The Morgan fingerprint density at radius 1 is 1.05 bits per heavy atom. The molecule has 3 heteroatoms. The summed E-state index contributed by atoms with van der Waals surface area (Å²) in [6, 6.07) is 18.7. The van der Waals surface area contributed by atoms with Crippen molar-refractivity contribution < 1.29 is 9.53 Å². The van der Waals surface area contributed by atoms with Crippen molar-refractivity contribution in [2.24, 2.45) is 0 Å². The standard InChI is InChI=1S/C19H23NO2/c1-14(20-15(2)17-7-5-4-6-8-17)13-16-9-11-18(12-10-16)19(21)22-3/h4-12,14-15,20H,13H2,1-3H3/t14-,15-/m1/s1. The third kappa shape index (κ3) is 4.43. The van der Waals surface area contributed by atoms with Gasteiger partial charge < -0.3 is 10.1 Å². The minimum Gasteiger partial charge on any atom is -0.465 e. The largest absolute Gasteiger partial charge is 0.465 e. The lowest BCUT2D eigenvalue weighted by atomic mass is 10.0. The van der Waals surface area contributed by atoms with E-state index in [1.165, 1.54) is 18.2 Å². The zero-order valence-corrected chi connectivity index (χ0v) is 13.4. The second-order valence-corrected chi connectivity index (χ2v) is 5.59. The molecule has 0 saturated carbocycles. The van der Waals surface area contributed by atoms with Gasteiger partial charge in [0.25, 0.3) is 0 Å². The summed E-state index contributed by atoms with van der Waals surface area (Å²) in [5, 5.41) is 3.60. The first kappa shape index (κ1) is 16.2. The number of ether oxygens (including phenoxy) is 1. The molecule has 3 nitrogen and oxygen atoms in total. The van der Waals surface area contributed by atoms with Crippen molar-refractivity contribution >= 4 is 5.97 Å². The van der Waals surface area contributed by atoms with Gasteiger partial charge in [-0.1, -0.05) is 42.5 Å². The SMILES string of the molecule is COC(=O)c1ccc(C[C@@H](C)N[C@H](C)c2ccccc2)cc1. The molecule has 2 rings (SSSR count). The van der Waals surface area contributed by atoms with E-state index < -0.39 is 0 Å². The number of methoxy groups -OCH3 is 1. The van der Waals surface area contributed by atoms with Crippen LogP contribution in [0.15, 0.2) is 54.6 Å². The quantitative estimate of drug-likeness (QED) is 0.825. The molecular weight excluding hydrogens is 274 g/mol. The Bertz CT molecular complexity index is 593. The minimum absolute atomic E-state index is 0.296. The Kier molecular flexibility index (Phi) is 5.73. The molecule has 0 aliphatic carbocycles. The number of carbonyl (C=O) groups excluding carboxylic acids is 1. The van der Waals surface area contributed by atoms with Gasteiger partial charge in [-0.3, -0.25) is 0 Å². The van der Waals surface area contributed by atoms with Crippen LogP contribution in [0.1, 0.15) is 41.4 Å². The zero-order chi connectivity index (χ0) is 15.9. The average molecular weight is 297 g/mol. The van der Waals surface area contributed by atoms with Crippen molar-refractivity contribution in [3.8, 4) is 0 Å². The van der Waals surface area contributed by atoms with E-state index in [2.05, 4.69) is 43.4 Å². The van der Waals surface area contributed by atoms with Gasteiger partial charge in [-0.15, -0.1) is 0 Å². The van der Waals surface area contributed by atoms with Gasteiger partial charge in [-0.2, -0.15) is 0 Å². The normalized spacial score (nSPS) is 13.4. The summed E-state index contributed by atoms with van der Waals surface area (Å²) in [7, 11) is 1.40. The predicted molar refractivity (Wildman–Crippen MR) is 88.9 cm³/mol.